The summed E-state index contributed by atoms with van der Waals surface area (Å²) in [7, 11) is 1.45. The number of hydrogen-bond donors (Lipinski definition) is 1. The van der Waals surface area contributed by atoms with E-state index in [1.54, 1.807) is 0 Å². The number of hydrogen-bond acceptors (Lipinski definition) is 7. The van der Waals surface area contributed by atoms with E-state index in [2.05, 4.69) is 62.5 Å². The fourth-order valence-corrected chi connectivity index (χ4v) is 7.10. The molecule has 0 fully saturated rings. The van der Waals surface area contributed by atoms with Gasteiger partial charge >= 0.3 is 19.8 Å². The molecule has 344 valence electrons. The van der Waals surface area contributed by atoms with Crippen molar-refractivity contribution in [2.24, 2.45) is 0 Å². The zero-order valence-electron chi connectivity index (χ0n) is 38.7. The van der Waals surface area contributed by atoms with E-state index in [4.69, 9.17) is 18.5 Å². The molecule has 0 aromatic rings. The fourth-order valence-electron chi connectivity index (χ4n) is 6.36. The maximum atomic E-state index is 12.7. The number of esters is 2. The molecule has 0 radical (unpaired) electrons. The van der Waals surface area contributed by atoms with E-state index in [0.29, 0.717) is 23.9 Å². The summed E-state index contributed by atoms with van der Waals surface area (Å²) in [6.45, 7) is 4.37. The predicted molar refractivity (Wildman–Crippen MR) is 247 cm³/mol. The van der Waals surface area contributed by atoms with E-state index < -0.39 is 32.5 Å². The van der Waals surface area contributed by atoms with Crippen LogP contribution in [0.1, 0.15) is 200 Å². The Morgan fingerprint density at radius 3 is 1.41 bits per heavy atom. The minimum absolute atomic E-state index is 0.0232. The number of quaternary nitrogens is 1. The summed E-state index contributed by atoms with van der Waals surface area (Å²) in [6.07, 6.45) is 48.8. The van der Waals surface area contributed by atoms with Crippen molar-refractivity contribution in [1.82, 2.24) is 0 Å². The van der Waals surface area contributed by atoms with E-state index >= 15 is 0 Å². The van der Waals surface area contributed by atoms with Crippen LogP contribution in [0.25, 0.3) is 0 Å². The molecular formula is C49H91NO8P+. The Hall–Kier alpha value is -2.03. The molecule has 59 heavy (non-hydrogen) atoms. The van der Waals surface area contributed by atoms with Gasteiger partial charge < -0.3 is 18.9 Å². The lowest BCUT2D eigenvalue weighted by atomic mass is 10.0. The highest BCUT2D eigenvalue weighted by Gasteiger charge is 2.27. The molecule has 0 aliphatic carbocycles. The molecule has 1 N–H and O–H groups in total. The molecule has 0 aliphatic rings. The molecule has 9 nitrogen and oxygen atoms in total. The summed E-state index contributed by atoms with van der Waals surface area (Å²) >= 11 is 0. The molecular weight excluding hydrogens is 762 g/mol. The summed E-state index contributed by atoms with van der Waals surface area (Å²) < 4.78 is 34.3. The van der Waals surface area contributed by atoms with Gasteiger partial charge in [-0.25, -0.2) is 4.57 Å². The molecule has 0 aromatic carbocycles. The number of carbonyl (C=O) groups excluding carboxylic acids is 2. The number of carbonyl (C=O) groups is 2. The Balaban J connectivity index is 4.38. The number of allylic oxidation sites excluding steroid dienone is 8. The molecule has 0 aromatic heterocycles. The fraction of sp³-hybridized carbons (Fsp3) is 0.796. The number of unbranched alkanes of at least 4 members (excludes halogenated alkanes) is 21. The van der Waals surface area contributed by atoms with Crippen molar-refractivity contribution in [3.63, 3.8) is 0 Å². The van der Waals surface area contributed by atoms with Crippen LogP contribution in [0.3, 0.4) is 0 Å². The van der Waals surface area contributed by atoms with Crippen LogP contribution in [-0.4, -0.2) is 74.9 Å². The van der Waals surface area contributed by atoms with Gasteiger partial charge in [-0.15, -0.1) is 0 Å². The van der Waals surface area contributed by atoms with Crippen molar-refractivity contribution in [1.29, 1.82) is 0 Å². The number of rotatable bonds is 43. The first-order valence-electron chi connectivity index (χ1n) is 23.9. The summed E-state index contributed by atoms with van der Waals surface area (Å²) in [4.78, 5) is 35.4. The zero-order valence-corrected chi connectivity index (χ0v) is 39.6. The number of phosphoric ester groups is 1. The van der Waals surface area contributed by atoms with Gasteiger partial charge in [0.1, 0.15) is 19.8 Å². The molecule has 0 rings (SSSR count). The van der Waals surface area contributed by atoms with Gasteiger partial charge in [0.25, 0.3) is 0 Å². The SMILES string of the molecule is CCCCCCCCC/C=C/C/C=C/C/C=C/C/C=C/CCCC(=O)OC[C@@H](COP(=O)(O)OCC[N+](C)(C)C)OC(=O)CCCCCCCCCCCCCCCC. The average molecular weight is 853 g/mol. The van der Waals surface area contributed by atoms with E-state index in [1.807, 2.05) is 21.1 Å². The minimum Gasteiger partial charge on any atom is -0.462 e. The third-order valence-corrected chi connectivity index (χ3v) is 11.1. The van der Waals surface area contributed by atoms with E-state index in [0.717, 1.165) is 38.5 Å². The van der Waals surface area contributed by atoms with Crippen molar-refractivity contribution in [3.8, 4) is 0 Å². The smallest absolute Gasteiger partial charge is 0.462 e. The quantitative estimate of drug-likeness (QED) is 0.0212. The molecule has 0 amide bonds. The van der Waals surface area contributed by atoms with Gasteiger partial charge in [-0.3, -0.25) is 18.6 Å². The normalized spacial score (nSPS) is 13.9. The Labute approximate surface area is 363 Å². The Kier molecular flexibility index (Phi) is 39.9. The van der Waals surface area contributed by atoms with E-state index in [9.17, 15) is 19.0 Å². The Morgan fingerprint density at radius 1 is 0.525 bits per heavy atom. The minimum atomic E-state index is -4.39. The number of ether oxygens (including phenoxy) is 2. The van der Waals surface area contributed by atoms with Gasteiger partial charge in [0.15, 0.2) is 6.10 Å². The van der Waals surface area contributed by atoms with Crippen molar-refractivity contribution >= 4 is 19.8 Å². The van der Waals surface area contributed by atoms with E-state index in [1.165, 1.54) is 122 Å². The van der Waals surface area contributed by atoms with Crippen LogP contribution in [0.5, 0.6) is 0 Å². The summed E-state index contributed by atoms with van der Waals surface area (Å²) in [5.74, 6) is -0.860. The highest BCUT2D eigenvalue weighted by molar-refractivity contribution is 7.47. The molecule has 2 atom stereocenters. The predicted octanol–water partition coefficient (Wildman–Crippen LogP) is 13.9. The van der Waals surface area contributed by atoms with Crippen LogP contribution in [0.4, 0.5) is 0 Å². The summed E-state index contributed by atoms with van der Waals surface area (Å²) in [5.41, 5.74) is 0. The molecule has 0 aliphatic heterocycles. The zero-order chi connectivity index (χ0) is 43.6. The van der Waals surface area contributed by atoms with Crippen LogP contribution in [-0.2, 0) is 32.7 Å². The van der Waals surface area contributed by atoms with Gasteiger partial charge in [0.05, 0.1) is 27.7 Å². The van der Waals surface area contributed by atoms with Gasteiger partial charge in [0, 0.05) is 12.8 Å². The largest absolute Gasteiger partial charge is 0.472 e. The van der Waals surface area contributed by atoms with Crippen LogP contribution in [0.15, 0.2) is 48.6 Å². The lowest BCUT2D eigenvalue weighted by molar-refractivity contribution is -0.870. The second-order valence-corrected chi connectivity index (χ2v) is 18.6. The molecule has 0 saturated carbocycles. The summed E-state index contributed by atoms with van der Waals surface area (Å²) in [6, 6.07) is 0. The molecule has 10 heteroatoms. The van der Waals surface area contributed by atoms with Gasteiger partial charge in [-0.1, -0.05) is 184 Å². The number of phosphoric acid groups is 1. The first-order chi connectivity index (χ1) is 28.5. The Bertz CT molecular complexity index is 1150. The first-order valence-corrected chi connectivity index (χ1v) is 25.4. The van der Waals surface area contributed by atoms with Crippen molar-refractivity contribution < 1.29 is 42.1 Å². The molecule has 1 unspecified atom stereocenters. The highest BCUT2D eigenvalue weighted by Crippen LogP contribution is 2.43. The van der Waals surface area contributed by atoms with Crippen molar-refractivity contribution in [3.05, 3.63) is 48.6 Å². The topological polar surface area (TPSA) is 108 Å². The van der Waals surface area contributed by atoms with Crippen molar-refractivity contribution in [2.75, 3.05) is 47.5 Å². The van der Waals surface area contributed by atoms with Crippen LogP contribution < -0.4 is 0 Å². The third-order valence-electron chi connectivity index (χ3n) is 10.1. The first kappa shape index (κ1) is 57.0. The number of likely N-dealkylation sites (N-methyl/N-ethyl adjacent to an activating group) is 1. The highest BCUT2D eigenvalue weighted by atomic mass is 31.2. The third kappa shape index (κ3) is 45.3. The van der Waals surface area contributed by atoms with Gasteiger partial charge in [-0.05, 0) is 51.4 Å². The van der Waals surface area contributed by atoms with Crippen molar-refractivity contribution in [2.45, 2.75) is 206 Å². The second-order valence-electron chi connectivity index (χ2n) is 17.1. The second kappa shape index (κ2) is 41.3. The molecule has 0 spiro atoms. The standard InChI is InChI=1S/C49H90NO8P/c1-6-8-10-12-14-16-18-20-22-23-24-25-26-27-28-30-31-33-35-37-39-41-48(51)55-45-47(46-57-59(53,54)56-44-43-50(3,4)5)58-49(52)42-40-38-36-34-32-29-21-19-17-15-13-11-9-7-2/h22-23,25-26,28,30,33,35,47H,6-21,24,27,29,31-32,34,36-46H2,1-5H3/p+1/b23-22+,26-25+,30-28+,35-33+/t47-/m0/s1. The van der Waals surface area contributed by atoms with E-state index in [-0.39, 0.29) is 26.1 Å². The lowest BCUT2D eigenvalue weighted by Gasteiger charge is -2.24. The molecule has 0 saturated heterocycles. The monoisotopic (exact) mass is 853 g/mol. The maximum absolute atomic E-state index is 12.7. The van der Waals surface area contributed by atoms with Crippen LogP contribution >= 0.6 is 7.82 Å². The van der Waals surface area contributed by atoms with Gasteiger partial charge in [-0.2, -0.15) is 0 Å². The van der Waals surface area contributed by atoms with Crippen LogP contribution in [0.2, 0.25) is 0 Å². The average Bonchev–Trinajstić information content (AvgIpc) is 3.19. The Morgan fingerprint density at radius 2 is 0.932 bits per heavy atom. The maximum Gasteiger partial charge on any atom is 0.472 e. The molecule has 0 bridgehead atoms. The van der Waals surface area contributed by atoms with Gasteiger partial charge in [0.2, 0.25) is 0 Å². The lowest BCUT2D eigenvalue weighted by Crippen LogP contribution is -2.37. The summed E-state index contributed by atoms with van der Waals surface area (Å²) in [5, 5.41) is 0. The number of nitrogens with zero attached hydrogens (tertiary/aromatic N) is 1. The molecule has 0 heterocycles. The van der Waals surface area contributed by atoms with Crippen LogP contribution in [0, 0.1) is 0 Å².